The van der Waals surface area contributed by atoms with E-state index in [2.05, 4.69) is 24.1 Å². The molecule has 0 aromatic carbocycles. The van der Waals surface area contributed by atoms with E-state index in [0.717, 1.165) is 5.01 Å². The molecule has 0 aliphatic carbocycles. The zero-order valence-electron chi connectivity index (χ0n) is 9.43. The first-order valence-electron chi connectivity index (χ1n) is 5.37. The monoisotopic (exact) mass is 260 g/mol. The second kappa shape index (κ2) is 4.43. The van der Waals surface area contributed by atoms with E-state index in [0.29, 0.717) is 12.5 Å². The molecule has 1 saturated heterocycles. The molecule has 6 heteroatoms. The van der Waals surface area contributed by atoms with Crippen LogP contribution in [0.5, 0.6) is 0 Å². The summed E-state index contributed by atoms with van der Waals surface area (Å²) in [6.07, 6.45) is 1.85. The maximum Gasteiger partial charge on any atom is 0.153 e. The van der Waals surface area contributed by atoms with Gasteiger partial charge in [0.15, 0.2) is 9.84 Å². The molecule has 0 spiro atoms. The van der Waals surface area contributed by atoms with Crippen molar-refractivity contribution in [3.8, 4) is 0 Å². The molecule has 1 atom stereocenters. The van der Waals surface area contributed by atoms with E-state index in [1.54, 1.807) is 11.3 Å². The Bertz CT molecular complexity index is 465. The Hall–Kier alpha value is -0.460. The SMILES string of the molecule is CC(C)c1cnc(C2CS(=O)(=O)CCN2)s1. The van der Waals surface area contributed by atoms with Gasteiger partial charge in [0.1, 0.15) is 5.01 Å². The molecule has 1 aliphatic heterocycles. The average molecular weight is 260 g/mol. The largest absolute Gasteiger partial charge is 0.306 e. The van der Waals surface area contributed by atoms with Crippen molar-refractivity contribution in [2.75, 3.05) is 18.1 Å². The van der Waals surface area contributed by atoms with Crippen LogP contribution in [0.3, 0.4) is 0 Å². The first-order valence-corrected chi connectivity index (χ1v) is 8.01. The van der Waals surface area contributed by atoms with Gasteiger partial charge in [-0.25, -0.2) is 13.4 Å². The summed E-state index contributed by atoms with van der Waals surface area (Å²) in [5, 5.41) is 4.11. The van der Waals surface area contributed by atoms with E-state index in [4.69, 9.17) is 0 Å². The summed E-state index contributed by atoms with van der Waals surface area (Å²) in [5.74, 6) is 0.871. The minimum Gasteiger partial charge on any atom is -0.306 e. The normalized spacial score (nSPS) is 24.8. The fraction of sp³-hybridized carbons (Fsp3) is 0.700. The van der Waals surface area contributed by atoms with Crippen LogP contribution in [0.4, 0.5) is 0 Å². The summed E-state index contributed by atoms with van der Waals surface area (Å²) in [6, 6.07) is -0.115. The Kier molecular flexibility index (Phi) is 3.32. The number of hydrogen-bond acceptors (Lipinski definition) is 5. The van der Waals surface area contributed by atoms with Gasteiger partial charge in [0, 0.05) is 17.6 Å². The highest BCUT2D eigenvalue weighted by atomic mass is 32.2. The Labute approximate surface area is 100 Å². The predicted molar refractivity (Wildman–Crippen MR) is 65.6 cm³/mol. The quantitative estimate of drug-likeness (QED) is 0.871. The third kappa shape index (κ3) is 2.61. The van der Waals surface area contributed by atoms with Crippen LogP contribution >= 0.6 is 11.3 Å². The Balaban J connectivity index is 2.17. The molecule has 0 bridgehead atoms. The average Bonchev–Trinajstić information content (AvgIpc) is 2.64. The Morgan fingerprint density at radius 3 is 2.88 bits per heavy atom. The fourth-order valence-corrected chi connectivity index (χ4v) is 4.15. The number of thiazole rings is 1. The Morgan fingerprint density at radius 2 is 2.31 bits per heavy atom. The molecule has 1 aromatic heterocycles. The lowest BCUT2D eigenvalue weighted by Gasteiger charge is -2.21. The predicted octanol–water partition coefficient (Wildman–Crippen LogP) is 1.33. The summed E-state index contributed by atoms with van der Waals surface area (Å²) in [5.41, 5.74) is 0. The molecular formula is C10H16N2O2S2. The maximum absolute atomic E-state index is 11.5. The number of nitrogens with zero attached hydrogens (tertiary/aromatic N) is 1. The number of nitrogens with one attached hydrogen (secondary N) is 1. The number of sulfone groups is 1. The van der Waals surface area contributed by atoms with Crippen LogP contribution in [0.1, 0.15) is 35.7 Å². The second-order valence-electron chi connectivity index (χ2n) is 4.38. The molecule has 0 amide bonds. The van der Waals surface area contributed by atoms with Crippen molar-refractivity contribution in [3.05, 3.63) is 16.1 Å². The molecule has 1 aliphatic rings. The molecule has 4 nitrogen and oxygen atoms in total. The minimum absolute atomic E-state index is 0.115. The van der Waals surface area contributed by atoms with Gasteiger partial charge in [0.05, 0.1) is 17.5 Å². The summed E-state index contributed by atoms with van der Waals surface area (Å²) in [7, 11) is -2.89. The van der Waals surface area contributed by atoms with Gasteiger partial charge in [-0.1, -0.05) is 13.8 Å². The molecule has 1 aromatic rings. The fourth-order valence-electron chi connectivity index (χ4n) is 1.67. The van der Waals surface area contributed by atoms with E-state index < -0.39 is 9.84 Å². The van der Waals surface area contributed by atoms with Crippen molar-refractivity contribution in [1.29, 1.82) is 0 Å². The number of rotatable bonds is 2. The summed E-state index contributed by atoms with van der Waals surface area (Å²) >= 11 is 1.61. The molecular weight excluding hydrogens is 244 g/mol. The molecule has 1 fully saturated rings. The van der Waals surface area contributed by atoms with Crippen LogP contribution in [0.2, 0.25) is 0 Å². The van der Waals surface area contributed by atoms with E-state index in [-0.39, 0.29) is 17.5 Å². The topological polar surface area (TPSA) is 59.1 Å². The summed E-state index contributed by atoms with van der Waals surface area (Å²) in [4.78, 5) is 5.53. The minimum atomic E-state index is -2.89. The van der Waals surface area contributed by atoms with Crippen molar-refractivity contribution >= 4 is 21.2 Å². The van der Waals surface area contributed by atoms with Gasteiger partial charge < -0.3 is 5.32 Å². The van der Waals surface area contributed by atoms with Gasteiger partial charge in [-0.3, -0.25) is 0 Å². The summed E-state index contributed by atoms with van der Waals surface area (Å²) in [6.45, 7) is 4.76. The first-order chi connectivity index (χ1) is 7.48. The number of aromatic nitrogens is 1. The van der Waals surface area contributed by atoms with Gasteiger partial charge in [-0.05, 0) is 5.92 Å². The second-order valence-corrected chi connectivity index (χ2v) is 7.70. The van der Waals surface area contributed by atoms with Crippen LogP contribution in [-0.2, 0) is 9.84 Å². The van der Waals surface area contributed by atoms with E-state index in [1.165, 1.54) is 4.88 Å². The third-order valence-corrected chi connectivity index (χ3v) is 5.71. The van der Waals surface area contributed by atoms with Gasteiger partial charge in [-0.15, -0.1) is 11.3 Å². The van der Waals surface area contributed by atoms with Gasteiger partial charge in [-0.2, -0.15) is 0 Å². The van der Waals surface area contributed by atoms with Crippen LogP contribution in [0.15, 0.2) is 6.20 Å². The van der Waals surface area contributed by atoms with Crippen molar-refractivity contribution in [2.45, 2.75) is 25.8 Å². The molecule has 1 N–H and O–H groups in total. The smallest absolute Gasteiger partial charge is 0.153 e. The molecule has 2 rings (SSSR count). The molecule has 2 heterocycles. The molecule has 16 heavy (non-hydrogen) atoms. The van der Waals surface area contributed by atoms with Crippen molar-refractivity contribution in [1.82, 2.24) is 10.3 Å². The standard InChI is InChI=1S/C10H16N2O2S2/c1-7(2)9-5-12-10(15-9)8-6-16(13,14)4-3-11-8/h5,7-8,11H,3-4,6H2,1-2H3. The zero-order valence-corrected chi connectivity index (χ0v) is 11.1. The van der Waals surface area contributed by atoms with Gasteiger partial charge in [0.2, 0.25) is 0 Å². The van der Waals surface area contributed by atoms with E-state index >= 15 is 0 Å². The Morgan fingerprint density at radius 1 is 1.56 bits per heavy atom. The van der Waals surface area contributed by atoms with Crippen molar-refractivity contribution in [2.24, 2.45) is 0 Å². The third-order valence-electron chi connectivity index (χ3n) is 2.63. The van der Waals surface area contributed by atoms with Crippen molar-refractivity contribution < 1.29 is 8.42 Å². The highest BCUT2D eigenvalue weighted by Gasteiger charge is 2.27. The first kappa shape index (κ1) is 12.0. The highest BCUT2D eigenvalue weighted by molar-refractivity contribution is 7.91. The number of hydrogen-bond donors (Lipinski definition) is 1. The molecule has 90 valence electrons. The van der Waals surface area contributed by atoms with E-state index in [9.17, 15) is 8.42 Å². The van der Waals surface area contributed by atoms with Gasteiger partial charge >= 0.3 is 0 Å². The lowest BCUT2D eigenvalue weighted by atomic mass is 10.2. The summed E-state index contributed by atoms with van der Waals surface area (Å²) < 4.78 is 23.0. The molecule has 0 saturated carbocycles. The van der Waals surface area contributed by atoms with Crippen LogP contribution in [-0.4, -0.2) is 31.5 Å². The van der Waals surface area contributed by atoms with Crippen LogP contribution in [0, 0.1) is 0 Å². The van der Waals surface area contributed by atoms with Gasteiger partial charge in [0.25, 0.3) is 0 Å². The lowest BCUT2D eigenvalue weighted by Crippen LogP contribution is -2.39. The van der Waals surface area contributed by atoms with E-state index in [1.807, 2.05) is 6.20 Å². The highest BCUT2D eigenvalue weighted by Crippen LogP contribution is 2.27. The molecule has 1 unspecified atom stereocenters. The van der Waals surface area contributed by atoms with Crippen LogP contribution < -0.4 is 5.32 Å². The zero-order chi connectivity index (χ0) is 11.8. The molecule has 0 radical (unpaired) electrons. The van der Waals surface area contributed by atoms with Crippen molar-refractivity contribution in [3.63, 3.8) is 0 Å². The van der Waals surface area contributed by atoms with Crippen LogP contribution in [0.25, 0.3) is 0 Å². The lowest BCUT2D eigenvalue weighted by molar-refractivity contribution is 0.529. The maximum atomic E-state index is 11.5.